The number of ether oxygens (including phenoxy) is 1. The van der Waals surface area contributed by atoms with Crippen molar-refractivity contribution in [3.8, 4) is 0 Å². The molecule has 0 aliphatic heterocycles. The fraction of sp³-hybridized carbons (Fsp3) is 0.308. The Labute approximate surface area is 101 Å². The first-order valence-electron chi connectivity index (χ1n) is 5.72. The van der Waals surface area contributed by atoms with Gasteiger partial charge in [0.15, 0.2) is 0 Å². The third-order valence-electron chi connectivity index (χ3n) is 2.51. The molecule has 90 valence electrons. The second kappa shape index (κ2) is 6.18. The van der Waals surface area contributed by atoms with Gasteiger partial charge in [0.25, 0.3) is 0 Å². The van der Waals surface area contributed by atoms with Gasteiger partial charge in [-0.1, -0.05) is 30.3 Å². The molecule has 0 radical (unpaired) electrons. The maximum Gasteiger partial charge on any atom is 0.124 e. The van der Waals surface area contributed by atoms with Crippen LogP contribution in [0.4, 0.5) is 0 Å². The van der Waals surface area contributed by atoms with Gasteiger partial charge in [0.2, 0.25) is 0 Å². The van der Waals surface area contributed by atoms with Gasteiger partial charge < -0.3 is 15.0 Å². The lowest BCUT2D eigenvalue weighted by Gasteiger charge is -2.08. The normalized spacial score (nSPS) is 10.6. The van der Waals surface area contributed by atoms with Crippen molar-refractivity contribution >= 4 is 0 Å². The summed E-state index contributed by atoms with van der Waals surface area (Å²) in [6.07, 6.45) is 4.47. The number of nitrogens with zero attached hydrogens (tertiary/aromatic N) is 2. The second-order valence-electron chi connectivity index (χ2n) is 3.82. The number of aromatic nitrogens is 2. The van der Waals surface area contributed by atoms with E-state index in [1.54, 1.807) is 6.20 Å². The van der Waals surface area contributed by atoms with E-state index in [4.69, 9.17) is 10.5 Å². The molecule has 4 nitrogen and oxygen atoms in total. The predicted molar refractivity (Wildman–Crippen MR) is 66.2 cm³/mol. The van der Waals surface area contributed by atoms with Crippen molar-refractivity contribution in [1.29, 1.82) is 0 Å². The van der Waals surface area contributed by atoms with E-state index in [1.807, 2.05) is 29.0 Å². The Morgan fingerprint density at radius 3 is 2.82 bits per heavy atom. The molecule has 0 atom stereocenters. The molecule has 0 fully saturated rings. The summed E-state index contributed by atoms with van der Waals surface area (Å²) in [6, 6.07) is 10.1. The number of benzene rings is 1. The monoisotopic (exact) mass is 231 g/mol. The van der Waals surface area contributed by atoms with E-state index in [0.717, 1.165) is 12.2 Å². The van der Waals surface area contributed by atoms with E-state index in [2.05, 4.69) is 17.1 Å². The molecule has 0 aliphatic rings. The molecule has 0 unspecified atom stereocenters. The Kier molecular flexibility index (Phi) is 4.30. The van der Waals surface area contributed by atoms with Crippen molar-refractivity contribution in [3.63, 3.8) is 0 Å². The highest BCUT2D eigenvalue weighted by molar-refractivity contribution is 5.13. The van der Waals surface area contributed by atoms with E-state index < -0.39 is 0 Å². The Balaban J connectivity index is 1.84. The summed E-state index contributed by atoms with van der Waals surface area (Å²) in [5.74, 6) is 0.973. The molecule has 1 aromatic carbocycles. The van der Waals surface area contributed by atoms with Gasteiger partial charge in [0, 0.05) is 18.8 Å². The molecule has 0 saturated heterocycles. The Morgan fingerprint density at radius 2 is 2.06 bits per heavy atom. The van der Waals surface area contributed by atoms with Gasteiger partial charge in [-0.05, 0) is 12.1 Å². The van der Waals surface area contributed by atoms with Crippen LogP contribution in [0.3, 0.4) is 0 Å². The van der Waals surface area contributed by atoms with Crippen molar-refractivity contribution in [2.75, 3.05) is 6.54 Å². The van der Waals surface area contributed by atoms with Crippen molar-refractivity contribution in [3.05, 3.63) is 54.1 Å². The summed E-state index contributed by atoms with van der Waals surface area (Å²) in [7, 11) is 0. The van der Waals surface area contributed by atoms with Crippen LogP contribution in [0.25, 0.3) is 0 Å². The SMILES string of the molecule is NCCc1nccn1COCc1ccccc1. The van der Waals surface area contributed by atoms with Crippen LogP contribution in [-0.2, 0) is 24.5 Å². The molecular weight excluding hydrogens is 214 g/mol. The fourth-order valence-electron chi connectivity index (χ4n) is 1.65. The lowest BCUT2D eigenvalue weighted by molar-refractivity contribution is 0.0622. The molecule has 0 saturated carbocycles. The second-order valence-corrected chi connectivity index (χ2v) is 3.82. The third-order valence-corrected chi connectivity index (χ3v) is 2.51. The number of imidazole rings is 1. The third kappa shape index (κ3) is 3.41. The van der Waals surface area contributed by atoms with Gasteiger partial charge in [-0.15, -0.1) is 0 Å². The largest absolute Gasteiger partial charge is 0.356 e. The van der Waals surface area contributed by atoms with Crippen molar-refractivity contribution in [2.45, 2.75) is 19.8 Å². The quantitative estimate of drug-likeness (QED) is 0.820. The molecule has 17 heavy (non-hydrogen) atoms. The highest BCUT2D eigenvalue weighted by Crippen LogP contribution is 2.03. The molecule has 1 heterocycles. The predicted octanol–water partition coefficient (Wildman–Crippen LogP) is 1.56. The first-order valence-corrected chi connectivity index (χ1v) is 5.72. The number of hydrogen-bond acceptors (Lipinski definition) is 3. The smallest absolute Gasteiger partial charge is 0.124 e. The van der Waals surface area contributed by atoms with Crippen molar-refractivity contribution in [1.82, 2.24) is 9.55 Å². The van der Waals surface area contributed by atoms with E-state index in [-0.39, 0.29) is 0 Å². The van der Waals surface area contributed by atoms with Gasteiger partial charge in [0.1, 0.15) is 12.6 Å². The molecule has 4 heteroatoms. The van der Waals surface area contributed by atoms with Gasteiger partial charge in [-0.25, -0.2) is 4.98 Å². The van der Waals surface area contributed by atoms with E-state index in [0.29, 0.717) is 19.9 Å². The number of nitrogens with two attached hydrogens (primary N) is 1. The Hall–Kier alpha value is -1.65. The zero-order chi connectivity index (χ0) is 11.9. The van der Waals surface area contributed by atoms with Crippen LogP contribution in [-0.4, -0.2) is 16.1 Å². The minimum absolute atomic E-state index is 0.518. The zero-order valence-corrected chi connectivity index (χ0v) is 9.75. The van der Waals surface area contributed by atoms with Crippen LogP contribution in [0.2, 0.25) is 0 Å². The minimum Gasteiger partial charge on any atom is -0.356 e. The van der Waals surface area contributed by atoms with Crippen LogP contribution >= 0.6 is 0 Å². The van der Waals surface area contributed by atoms with Crippen LogP contribution in [0.5, 0.6) is 0 Å². The molecule has 2 aromatic rings. The fourth-order valence-corrected chi connectivity index (χ4v) is 1.65. The van der Waals surface area contributed by atoms with Crippen molar-refractivity contribution < 1.29 is 4.74 Å². The zero-order valence-electron chi connectivity index (χ0n) is 9.75. The lowest BCUT2D eigenvalue weighted by Crippen LogP contribution is -2.11. The van der Waals surface area contributed by atoms with Gasteiger partial charge in [0.05, 0.1) is 6.61 Å². The van der Waals surface area contributed by atoms with E-state index in [1.165, 1.54) is 5.56 Å². The summed E-state index contributed by atoms with van der Waals surface area (Å²) < 4.78 is 7.62. The highest BCUT2D eigenvalue weighted by atomic mass is 16.5. The molecule has 0 aliphatic carbocycles. The van der Waals surface area contributed by atoms with Crippen LogP contribution in [0.1, 0.15) is 11.4 Å². The minimum atomic E-state index is 0.518. The van der Waals surface area contributed by atoms with E-state index >= 15 is 0 Å². The highest BCUT2D eigenvalue weighted by Gasteiger charge is 2.01. The summed E-state index contributed by atoms with van der Waals surface area (Å²) >= 11 is 0. The van der Waals surface area contributed by atoms with Crippen LogP contribution in [0, 0.1) is 0 Å². The lowest BCUT2D eigenvalue weighted by atomic mass is 10.2. The number of hydrogen-bond donors (Lipinski definition) is 1. The van der Waals surface area contributed by atoms with Gasteiger partial charge in [-0.2, -0.15) is 0 Å². The summed E-state index contributed by atoms with van der Waals surface area (Å²) in [6.45, 7) is 1.74. The first-order chi connectivity index (χ1) is 8.40. The molecule has 2 rings (SSSR count). The summed E-state index contributed by atoms with van der Waals surface area (Å²) in [5, 5.41) is 0. The molecule has 0 bridgehead atoms. The molecule has 1 aromatic heterocycles. The van der Waals surface area contributed by atoms with Crippen molar-refractivity contribution in [2.24, 2.45) is 5.73 Å². The van der Waals surface area contributed by atoms with Crippen LogP contribution < -0.4 is 5.73 Å². The average molecular weight is 231 g/mol. The maximum atomic E-state index is 5.63. The molecular formula is C13H17N3O. The molecule has 0 amide bonds. The average Bonchev–Trinajstić information content (AvgIpc) is 2.79. The topological polar surface area (TPSA) is 53.1 Å². The Bertz CT molecular complexity index is 439. The Morgan fingerprint density at radius 1 is 1.24 bits per heavy atom. The molecule has 2 N–H and O–H groups in total. The van der Waals surface area contributed by atoms with Crippen LogP contribution in [0.15, 0.2) is 42.7 Å². The first kappa shape index (κ1) is 11.8. The van der Waals surface area contributed by atoms with E-state index in [9.17, 15) is 0 Å². The number of rotatable bonds is 6. The van der Waals surface area contributed by atoms with Gasteiger partial charge >= 0.3 is 0 Å². The maximum absolute atomic E-state index is 5.63. The van der Waals surface area contributed by atoms with Gasteiger partial charge in [-0.3, -0.25) is 0 Å². The molecule has 0 spiro atoms. The standard InChI is InChI=1S/C13H17N3O/c14-7-6-13-15-8-9-16(13)11-17-10-12-4-2-1-3-5-12/h1-5,8-9H,6-7,10-11,14H2. The summed E-state index contributed by atoms with van der Waals surface area (Å²) in [4.78, 5) is 4.23. The summed E-state index contributed by atoms with van der Waals surface area (Å²) in [5.41, 5.74) is 6.69.